The molecule has 1 unspecified atom stereocenters. The number of carbonyl (C=O) groups excluding carboxylic acids is 2. The minimum absolute atomic E-state index is 0.0328. The summed E-state index contributed by atoms with van der Waals surface area (Å²) in [6.07, 6.45) is -0.599. The summed E-state index contributed by atoms with van der Waals surface area (Å²) in [5.74, 6) is -0.499. The highest BCUT2D eigenvalue weighted by molar-refractivity contribution is 5.78. The molecule has 6 nitrogen and oxygen atoms in total. The summed E-state index contributed by atoms with van der Waals surface area (Å²) in [5.41, 5.74) is -0.574. The van der Waals surface area contributed by atoms with Crippen molar-refractivity contribution >= 4 is 12.1 Å². The summed E-state index contributed by atoms with van der Waals surface area (Å²) in [7, 11) is 0. The molecular weight excluding hydrogens is 214 g/mol. The Morgan fingerprint density at radius 2 is 2.06 bits per heavy atom. The van der Waals surface area contributed by atoms with Crippen LogP contribution < -0.4 is 5.32 Å². The van der Waals surface area contributed by atoms with Crippen molar-refractivity contribution in [1.82, 2.24) is 5.32 Å². The molecule has 1 N–H and O–H groups in total. The Labute approximate surface area is 94.2 Å². The molecule has 1 heterocycles. The second kappa shape index (κ2) is 5.16. The molecule has 1 atom stereocenters. The quantitative estimate of drug-likeness (QED) is 0.561. The highest BCUT2D eigenvalue weighted by atomic mass is 16.6. The van der Waals surface area contributed by atoms with Crippen molar-refractivity contribution in [2.24, 2.45) is 0 Å². The molecular formula is C10H17NO5. The van der Waals surface area contributed by atoms with Gasteiger partial charge in [-0.05, 0) is 20.8 Å². The molecule has 1 rings (SSSR count). The third kappa shape index (κ3) is 6.23. The van der Waals surface area contributed by atoms with Gasteiger partial charge in [0.1, 0.15) is 24.9 Å². The third-order valence-corrected chi connectivity index (χ3v) is 1.61. The average Bonchev–Trinajstić information content (AvgIpc) is 2.92. The average molecular weight is 231 g/mol. The lowest BCUT2D eigenvalue weighted by Gasteiger charge is -2.19. The molecule has 0 aliphatic carbocycles. The van der Waals surface area contributed by atoms with Crippen molar-refractivity contribution in [3.05, 3.63) is 0 Å². The van der Waals surface area contributed by atoms with Crippen LogP contribution in [0.3, 0.4) is 0 Å². The van der Waals surface area contributed by atoms with Crippen LogP contribution in [0.2, 0.25) is 0 Å². The van der Waals surface area contributed by atoms with Gasteiger partial charge >= 0.3 is 12.1 Å². The number of rotatable bonds is 4. The van der Waals surface area contributed by atoms with Crippen molar-refractivity contribution in [1.29, 1.82) is 0 Å². The van der Waals surface area contributed by atoms with E-state index in [1.807, 2.05) is 0 Å². The lowest BCUT2D eigenvalue weighted by Crippen LogP contribution is -2.36. The van der Waals surface area contributed by atoms with E-state index < -0.39 is 17.7 Å². The second-order valence-electron chi connectivity index (χ2n) is 4.49. The molecule has 1 fully saturated rings. The molecule has 0 aromatic heterocycles. The van der Waals surface area contributed by atoms with Crippen LogP contribution in [0, 0.1) is 0 Å². The van der Waals surface area contributed by atoms with E-state index in [1.165, 1.54) is 0 Å². The largest absolute Gasteiger partial charge is 0.462 e. The minimum atomic E-state index is -0.632. The molecule has 0 aromatic carbocycles. The number of esters is 1. The predicted octanol–water partition coefficient (Wildman–Crippen LogP) is 0.453. The van der Waals surface area contributed by atoms with Crippen LogP contribution in [0.4, 0.5) is 4.79 Å². The van der Waals surface area contributed by atoms with Gasteiger partial charge in [-0.3, -0.25) is 4.79 Å². The first-order chi connectivity index (χ1) is 7.37. The van der Waals surface area contributed by atoms with Crippen LogP contribution in [0.15, 0.2) is 0 Å². The van der Waals surface area contributed by atoms with Crippen LogP contribution in [0.1, 0.15) is 20.8 Å². The van der Waals surface area contributed by atoms with Crippen LogP contribution in [-0.4, -0.2) is 43.5 Å². The van der Waals surface area contributed by atoms with E-state index in [9.17, 15) is 9.59 Å². The van der Waals surface area contributed by atoms with E-state index in [4.69, 9.17) is 14.2 Å². The number of alkyl carbamates (subject to hydrolysis) is 1. The summed E-state index contributed by atoms with van der Waals surface area (Å²) in [5, 5.41) is 2.31. The van der Waals surface area contributed by atoms with E-state index in [2.05, 4.69) is 5.32 Å². The predicted molar refractivity (Wildman–Crippen MR) is 54.9 cm³/mol. The fraction of sp³-hybridized carbons (Fsp3) is 0.800. The summed E-state index contributed by atoms with van der Waals surface area (Å²) in [6, 6.07) is 0. The Morgan fingerprint density at radius 1 is 1.44 bits per heavy atom. The first-order valence-electron chi connectivity index (χ1n) is 5.11. The van der Waals surface area contributed by atoms with Gasteiger partial charge in [-0.15, -0.1) is 0 Å². The molecule has 0 saturated carbocycles. The number of carbonyl (C=O) groups is 2. The monoisotopic (exact) mass is 231 g/mol. The van der Waals surface area contributed by atoms with Crippen LogP contribution in [-0.2, 0) is 19.0 Å². The number of amides is 1. The number of hydrogen-bond acceptors (Lipinski definition) is 5. The van der Waals surface area contributed by atoms with Gasteiger partial charge in [0.25, 0.3) is 0 Å². The zero-order valence-electron chi connectivity index (χ0n) is 9.74. The van der Waals surface area contributed by atoms with E-state index >= 15 is 0 Å². The van der Waals surface area contributed by atoms with Crippen LogP contribution >= 0.6 is 0 Å². The Bertz CT molecular complexity index is 267. The third-order valence-electron chi connectivity index (χ3n) is 1.61. The molecule has 0 bridgehead atoms. The highest BCUT2D eigenvalue weighted by Crippen LogP contribution is 2.08. The van der Waals surface area contributed by atoms with Crippen molar-refractivity contribution < 1.29 is 23.8 Å². The van der Waals surface area contributed by atoms with E-state index in [0.717, 1.165) is 0 Å². The summed E-state index contributed by atoms with van der Waals surface area (Å²) in [6.45, 7) is 5.92. The fourth-order valence-corrected chi connectivity index (χ4v) is 0.860. The smallest absolute Gasteiger partial charge is 0.408 e. The molecule has 0 spiro atoms. The topological polar surface area (TPSA) is 77.2 Å². The lowest BCUT2D eigenvalue weighted by molar-refractivity contribution is -0.143. The molecule has 16 heavy (non-hydrogen) atoms. The lowest BCUT2D eigenvalue weighted by atomic mass is 10.2. The van der Waals surface area contributed by atoms with Gasteiger partial charge in [0.15, 0.2) is 0 Å². The molecule has 6 heteroatoms. The van der Waals surface area contributed by atoms with Crippen LogP contribution in [0.5, 0.6) is 0 Å². The Hall–Kier alpha value is -1.30. The maximum absolute atomic E-state index is 11.1. The van der Waals surface area contributed by atoms with Crippen LogP contribution in [0.25, 0.3) is 0 Å². The summed E-state index contributed by atoms with van der Waals surface area (Å²) >= 11 is 0. The van der Waals surface area contributed by atoms with Crippen molar-refractivity contribution in [2.45, 2.75) is 32.5 Å². The molecule has 92 valence electrons. The minimum Gasteiger partial charge on any atom is -0.462 e. The second-order valence-corrected chi connectivity index (χ2v) is 4.49. The SMILES string of the molecule is CC(C)(C)OC(=O)NCC(=O)OCC1CO1. The molecule has 1 saturated heterocycles. The standard InChI is InChI=1S/C10H17NO5/c1-10(2,3)16-9(13)11-4-8(12)15-6-7-5-14-7/h7H,4-6H2,1-3H3,(H,11,13). The van der Waals surface area contributed by atoms with E-state index in [-0.39, 0.29) is 19.3 Å². The molecule has 1 aliphatic heterocycles. The highest BCUT2D eigenvalue weighted by Gasteiger charge is 2.24. The van der Waals surface area contributed by atoms with Crippen molar-refractivity contribution in [3.8, 4) is 0 Å². The maximum atomic E-state index is 11.1. The Balaban J connectivity index is 2.07. The first-order valence-corrected chi connectivity index (χ1v) is 5.11. The van der Waals surface area contributed by atoms with Gasteiger partial charge in [-0.1, -0.05) is 0 Å². The molecule has 0 aromatic rings. The zero-order valence-corrected chi connectivity index (χ0v) is 9.74. The molecule has 1 amide bonds. The molecule has 0 radical (unpaired) electrons. The summed E-state index contributed by atoms with van der Waals surface area (Å²) in [4.78, 5) is 22.2. The Kier molecular flexibility index (Phi) is 4.12. The number of hydrogen-bond donors (Lipinski definition) is 1. The molecule has 1 aliphatic rings. The van der Waals surface area contributed by atoms with Gasteiger partial charge in [-0.25, -0.2) is 4.79 Å². The van der Waals surface area contributed by atoms with E-state index in [0.29, 0.717) is 6.61 Å². The number of ether oxygens (including phenoxy) is 3. The normalized spacial score (nSPS) is 18.8. The van der Waals surface area contributed by atoms with Crippen molar-refractivity contribution in [2.75, 3.05) is 19.8 Å². The maximum Gasteiger partial charge on any atom is 0.408 e. The zero-order chi connectivity index (χ0) is 12.2. The van der Waals surface area contributed by atoms with Gasteiger partial charge < -0.3 is 19.5 Å². The van der Waals surface area contributed by atoms with Gasteiger partial charge in [0.05, 0.1) is 6.61 Å². The van der Waals surface area contributed by atoms with Gasteiger partial charge in [0.2, 0.25) is 0 Å². The van der Waals surface area contributed by atoms with Gasteiger partial charge in [0, 0.05) is 0 Å². The van der Waals surface area contributed by atoms with Gasteiger partial charge in [-0.2, -0.15) is 0 Å². The Morgan fingerprint density at radius 3 is 2.56 bits per heavy atom. The number of nitrogens with one attached hydrogen (secondary N) is 1. The first kappa shape index (κ1) is 12.8. The fourth-order valence-electron chi connectivity index (χ4n) is 0.860. The van der Waals surface area contributed by atoms with Crippen molar-refractivity contribution in [3.63, 3.8) is 0 Å². The number of epoxide rings is 1. The van der Waals surface area contributed by atoms with E-state index in [1.54, 1.807) is 20.8 Å². The summed E-state index contributed by atoms with van der Waals surface area (Å²) < 4.78 is 14.6.